The third-order valence-electron chi connectivity index (χ3n) is 7.08. The number of nitrogens with zero attached hydrogens (tertiary/aromatic N) is 2. The number of carbonyl (C=O) groups excluding carboxylic acids is 1. The van der Waals surface area contributed by atoms with Gasteiger partial charge in [-0.05, 0) is 87.6 Å². The van der Waals surface area contributed by atoms with Crippen molar-refractivity contribution in [1.82, 2.24) is 9.80 Å². The first kappa shape index (κ1) is 18.0. The van der Waals surface area contributed by atoms with Crippen molar-refractivity contribution in [3.8, 4) is 0 Å². The van der Waals surface area contributed by atoms with E-state index in [0.717, 1.165) is 29.9 Å². The van der Waals surface area contributed by atoms with E-state index in [1.54, 1.807) is 0 Å². The highest BCUT2D eigenvalue weighted by Crippen LogP contribution is 2.58. The maximum Gasteiger partial charge on any atom is 0.237 e. The van der Waals surface area contributed by atoms with Crippen molar-refractivity contribution in [2.75, 3.05) is 20.1 Å². The molecule has 0 radical (unpaired) electrons. The summed E-state index contributed by atoms with van der Waals surface area (Å²) in [7, 11) is 2.01. The Morgan fingerprint density at radius 1 is 1.08 bits per heavy atom. The number of carbonyl (C=O) groups is 1. The van der Waals surface area contributed by atoms with E-state index in [1.165, 1.54) is 50.7 Å². The number of amides is 1. The Bertz CT molecular complexity index is 621. The van der Waals surface area contributed by atoms with Gasteiger partial charge in [-0.2, -0.15) is 0 Å². The second kappa shape index (κ2) is 6.95. The van der Waals surface area contributed by atoms with Gasteiger partial charge in [0.2, 0.25) is 5.91 Å². The average Bonchev–Trinajstić information content (AvgIpc) is 2.59. The first-order valence-corrected chi connectivity index (χ1v) is 10.2. The van der Waals surface area contributed by atoms with Crippen LogP contribution in [0.15, 0.2) is 24.3 Å². The molecule has 0 aromatic heterocycles. The molecule has 4 aliphatic rings. The van der Waals surface area contributed by atoms with E-state index in [4.69, 9.17) is 0 Å². The summed E-state index contributed by atoms with van der Waals surface area (Å²) in [6.07, 6.45) is 7.61. The molecule has 4 heteroatoms. The Morgan fingerprint density at radius 2 is 1.62 bits per heavy atom. The monoisotopic (exact) mass is 358 g/mol. The van der Waals surface area contributed by atoms with Crippen LogP contribution < -0.4 is 0 Å². The summed E-state index contributed by atoms with van der Waals surface area (Å²) in [5, 5.41) is 0. The molecule has 0 spiro atoms. The smallest absolute Gasteiger partial charge is 0.237 e. The zero-order valence-corrected chi connectivity index (χ0v) is 16.1. The van der Waals surface area contributed by atoms with E-state index in [9.17, 15) is 9.18 Å². The molecule has 0 N–H and O–H groups in total. The molecule has 0 saturated heterocycles. The van der Waals surface area contributed by atoms with Crippen LogP contribution >= 0.6 is 0 Å². The molecule has 4 saturated carbocycles. The Balaban J connectivity index is 1.61. The number of hydrogen-bond acceptors (Lipinski definition) is 2. The van der Waals surface area contributed by atoms with Crippen LogP contribution in [0.25, 0.3) is 0 Å². The highest BCUT2D eigenvalue weighted by Gasteiger charge is 2.54. The molecule has 5 rings (SSSR count). The minimum Gasteiger partial charge on any atom is -0.332 e. The molecule has 142 valence electrons. The minimum absolute atomic E-state index is 0.0365. The second-order valence-electron chi connectivity index (χ2n) is 9.08. The van der Waals surface area contributed by atoms with Gasteiger partial charge in [0, 0.05) is 12.1 Å². The fourth-order valence-electron chi connectivity index (χ4n) is 6.12. The van der Waals surface area contributed by atoms with Gasteiger partial charge in [0.25, 0.3) is 0 Å². The summed E-state index contributed by atoms with van der Waals surface area (Å²) >= 11 is 0. The van der Waals surface area contributed by atoms with E-state index in [1.807, 2.05) is 19.2 Å². The Hall–Kier alpha value is -1.42. The second-order valence-corrected chi connectivity index (χ2v) is 9.08. The van der Waals surface area contributed by atoms with Gasteiger partial charge in [0.05, 0.1) is 6.54 Å². The van der Waals surface area contributed by atoms with Gasteiger partial charge in [-0.25, -0.2) is 4.39 Å². The summed E-state index contributed by atoms with van der Waals surface area (Å²) in [4.78, 5) is 17.6. The lowest BCUT2D eigenvalue weighted by atomic mass is 9.52. The van der Waals surface area contributed by atoms with Crippen molar-refractivity contribution < 1.29 is 9.18 Å². The van der Waals surface area contributed by atoms with Crippen molar-refractivity contribution in [3.05, 3.63) is 35.6 Å². The van der Waals surface area contributed by atoms with Crippen LogP contribution in [-0.4, -0.2) is 41.4 Å². The van der Waals surface area contributed by atoms with Crippen LogP contribution in [0.5, 0.6) is 0 Å². The summed E-state index contributed by atoms with van der Waals surface area (Å²) < 4.78 is 13.3. The third-order valence-corrected chi connectivity index (χ3v) is 7.08. The molecule has 0 unspecified atom stereocenters. The van der Waals surface area contributed by atoms with Gasteiger partial charge in [0.15, 0.2) is 0 Å². The molecule has 4 aliphatic carbocycles. The summed E-state index contributed by atoms with van der Waals surface area (Å²) in [5.41, 5.74) is 1.07. The Labute approximate surface area is 156 Å². The first-order valence-electron chi connectivity index (χ1n) is 10.2. The van der Waals surface area contributed by atoms with E-state index in [0.29, 0.717) is 13.1 Å². The zero-order valence-electron chi connectivity index (χ0n) is 16.1. The van der Waals surface area contributed by atoms with Gasteiger partial charge in [-0.1, -0.05) is 19.1 Å². The topological polar surface area (TPSA) is 23.6 Å². The standard InChI is InChI=1S/C22H31FN2O/c1-3-24(2)15-21(26)25(14-16-4-6-20(23)7-5-16)22-11-17-8-18(12-22)10-19(9-17)13-22/h4-7,17-19H,3,8-15H2,1-2H3. The molecule has 0 heterocycles. The predicted molar refractivity (Wildman–Crippen MR) is 101 cm³/mol. The van der Waals surface area contributed by atoms with Crippen molar-refractivity contribution in [2.24, 2.45) is 17.8 Å². The molecule has 1 amide bonds. The van der Waals surface area contributed by atoms with Crippen LogP contribution in [0.4, 0.5) is 4.39 Å². The number of benzene rings is 1. The van der Waals surface area contributed by atoms with Gasteiger partial charge >= 0.3 is 0 Å². The number of likely N-dealkylation sites (N-methyl/N-ethyl adjacent to an activating group) is 1. The van der Waals surface area contributed by atoms with Crippen molar-refractivity contribution in [1.29, 1.82) is 0 Å². The number of halogens is 1. The summed E-state index contributed by atoms with van der Waals surface area (Å²) in [6.45, 7) is 4.04. The van der Waals surface area contributed by atoms with E-state index in [-0.39, 0.29) is 17.3 Å². The lowest BCUT2D eigenvalue weighted by Crippen LogP contribution is -2.62. The SMILES string of the molecule is CCN(C)CC(=O)N(Cc1ccc(F)cc1)C12CC3CC(CC(C3)C1)C2. The molecule has 1 aromatic carbocycles. The first-order chi connectivity index (χ1) is 12.5. The molecular weight excluding hydrogens is 327 g/mol. The Morgan fingerprint density at radius 3 is 2.12 bits per heavy atom. The normalized spacial score (nSPS) is 32.2. The van der Waals surface area contributed by atoms with Gasteiger partial charge in [-0.15, -0.1) is 0 Å². The third kappa shape index (κ3) is 3.40. The van der Waals surface area contributed by atoms with Crippen LogP contribution in [0.1, 0.15) is 51.0 Å². The maximum atomic E-state index is 13.3. The number of rotatable bonds is 6. The van der Waals surface area contributed by atoms with E-state index < -0.39 is 0 Å². The van der Waals surface area contributed by atoms with Crippen molar-refractivity contribution >= 4 is 5.91 Å². The molecule has 0 aliphatic heterocycles. The number of hydrogen-bond donors (Lipinski definition) is 0. The fraction of sp³-hybridized carbons (Fsp3) is 0.682. The van der Waals surface area contributed by atoms with Crippen LogP contribution in [-0.2, 0) is 11.3 Å². The van der Waals surface area contributed by atoms with Gasteiger partial charge in [-0.3, -0.25) is 9.69 Å². The molecule has 26 heavy (non-hydrogen) atoms. The molecule has 4 bridgehead atoms. The van der Waals surface area contributed by atoms with Crippen molar-refractivity contribution in [3.63, 3.8) is 0 Å². The van der Waals surface area contributed by atoms with Gasteiger partial charge < -0.3 is 4.90 Å². The quantitative estimate of drug-likeness (QED) is 0.765. The van der Waals surface area contributed by atoms with E-state index >= 15 is 0 Å². The molecular formula is C22H31FN2O. The highest BCUT2D eigenvalue weighted by atomic mass is 19.1. The van der Waals surface area contributed by atoms with Crippen molar-refractivity contribution in [2.45, 2.75) is 57.5 Å². The summed E-state index contributed by atoms with van der Waals surface area (Å²) in [6, 6.07) is 6.69. The maximum absolute atomic E-state index is 13.3. The predicted octanol–water partition coefficient (Wildman–Crippen LogP) is 4.07. The van der Waals surface area contributed by atoms with Crippen LogP contribution in [0.3, 0.4) is 0 Å². The molecule has 0 atom stereocenters. The Kier molecular flexibility index (Phi) is 4.81. The highest BCUT2D eigenvalue weighted by molar-refractivity contribution is 5.79. The fourth-order valence-corrected chi connectivity index (χ4v) is 6.12. The van der Waals surface area contributed by atoms with Gasteiger partial charge in [0.1, 0.15) is 5.82 Å². The van der Waals surface area contributed by atoms with Crippen LogP contribution in [0.2, 0.25) is 0 Å². The average molecular weight is 359 g/mol. The lowest BCUT2D eigenvalue weighted by molar-refractivity contribution is -0.153. The molecule has 4 fully saturated rings. The molecule has 3 nitrogen and oxygen atoms in total. The van der Waals surface area contributed by atoms with E-state index in [2.05, 4.69) is 16.7 Å². The largest absolute Gasteiger partial charge is 0.332 e. The lowest BCUT2D eigenvalue weighted by Gasteiger charge is -2.60. The minimum atomic E-state index is -0.216. The summed E-state index contributed by atoms with van der Waals surface area (Å²) in [5.74, 6) is 2.42. The van der Waals surface area contributed by atoms with Crippen LogP contribution in [0, 0.1) is 23.6 Å². The molecule has 1 aromatic rings. The zero-order chi connectivity index (χ0) is 18.3.